The summed E-state index contributed by atoms with van der Waals surface area (Å²) >= 11 is 1.73. The van der Waals surface area contributed by atoms with E-state index >= 15 is 0 Å². The molecule has 0 bridgehead atoms. The average Bonchev–Trinajstić information content (AvgIpc) is 3.19. The molecule has 0 amide bonds. The molecule has 0 saturated carbocycles. The molecule has 5 nitrogen and oxygen atoms in total. The standard InChI is InChI=1S/C21H22N4OS/c1-20(2)10-14-15-17(26)25(13-8-6-5-7-9-13)19-23-22-12-24(19)18(15)27-16(14)21(3,4)11-20/h5-9,12H,10-11H2,1-4H3. The van der Waals surface area contributed by atoms with Gasteiger partial charge in [-0.1, -0.05) is 45.9 Å². The van der Waals surface area contributed by atoms with Crippen molar-refractivity contribution in [2.75, 3.05) is 0 Å². The highest BCUT2D eigenvalue weighted by molar-refractivity contribution is 7.19. The Morgan fingerprint density at radius 1 is 1.11 bits per heavy atom. The molecular weight excluding hydrogens is 356 g/mol. The zero-order valence-electron chi connectivity index (χ0n) is 16.0. The van der Waals surface area contributed by atoms with E-state index in [4.69, 9.17) is 0 Å². The highest BCUT2D eigenvalue weighted by Crippen LogP contribution is 2.50. The molecule has 0 unspecified atom stereocenters. The molecule has 0 saturated heterocycles. The van der Waals surface area contributed by atoms with Gasteiger partial charge in [-0.3, -0.25) is 9.20 Å². The number of aromatic nitrogens is 4. The number of thiophene rings is 1. The van der Waals surface area contributed by atoms with Crippen molar-refractivity contribution in [1.82, 2.24) is 19.2 Å². The van der Waals surface area contributed by atoms with Crippen LogP contribution >= 0.6 is 11.3 Å². The van der Waals surface area contributed by atoms with Gasteiger partial charge in [-0.2, -0.15) is 0 Å². The van der Waals surface area contributed by atoms with Gasteiger partial charge in [0.05, 0.1) is 11.1 Å². The van der Waals surface area contributed by atoms with E-state index in [2.05, 4.69) is 37.9 Å². The second kappa shape index (κ2) is 5.29. The molecule has 1 aliphatic carbocycles. The van der Waals surface area contributed by atoms with Crippen molar-refractivity contribution in [1.29, 1.82) is 0 Å². The predicted molar refractivity (Wildman–Crippen MR) is 109 cm³/mol. The number of benzene rings is 1. The van der Waals surface area contributed by atoms with Gasteiger partial charge in [-0.25, -0.2) is 4.57 Å². The Labute approximate surface area is 161 Å². The molecule has 138 valence electrons. The minimum Gasteiger partial charge on any atom is -0.268 e. The average molecular weight is 379 g/mol. The number of hydrogen-bond donors (Lipinski definition) is 0. The maximum atomic E-state index is 13.7. The molecule has 0 radical (unpaired) electrons. The summed E-state index contributed by atoms with van der Waals surface area (Å²) in [5.41, 5.74) is 2.24. The Morgan fingerprint density at radius 2 is 1.85 bits per heavy atom. The van der Waals surface area contributed by atoms with Crippen molar-refractivity contribution >= 4 is 27.3 Å². The molecule has 4 aromatic rings. The molecule has 1 aromatic carbocycles. The van der Waals surface area contributed by atoms with Gasteiger partial charge in [0.2, 0.25) is 5.78 Å². The molecule has 27 heavy (non-hydrogen) atoms. The molecular formula is C21H22N4OS. The molecule has 0 atom stereocenters. The van der Waals surface area contributed by atoms with Gasteiger partial charge in [-0.15, -0.1) is 21.5 Å². The van der Waals surface area contributed by atoms with E-state index in [-0.39, 0.29) is 16.4 Å². The van der Waals surface area contributed by atoms with Gasteiger partial charge in [0, 0.05) is 4.88 Å². The van der Waals surface area contributed by atoms with Crippen molar-refractivity contribution in [3.63, 3.8) is 0 Å². The number of fused-ring (bicyclic) bond motifs is 5. The smallest absolute Gasteiger partial charge is 0.268 e. The van der Waals surface area contributed by atoms with E-state index in [0.717, 1.165) is 28.7 Å². The molecule has 0 N–H and O–H groups in total. The highest BCUT2D eigenvalue weighted by atomic mass is 32.1. The summed E-state index contributed by atoms with van der Waals surface area (Å²) in [6.45, 7) is 9.19. The number of hydrogen-bond acceptors (Lipinski definition) is 4. The predicted octanol–water partition coefficient (Wildman–Crippen LogP) is 4.34. The fourth-order valence-corrected chi connectivity index (χ4v) is 6.29. The van der Waals surface area contributed by atoms with Crippen LogP contribution in [0.25, 0.3) is 21.7 Å². The Hall–Kier alpha value is -2.47. The van der Waals surface area contributed by atoms with Crippen LogP contribution in [-0.4, -0.2) is 19.2 Å². The van der Waals surface area contributed by atoms with Crippen LogP contribution in [0.5, 0.6) is 0 Å². The number of nitrogens with zero attached hydrogens (tertiary/aromatic N) is 4. The van der Waals surface area contributed by atoms with Crippen LogP contribution in [-0.2, 0) is 11.8 Å². The van der Waals surface area contributed by atoms with Gasteiger partial charge in [-0.05, 0) is 41.4 Å². The first kappa shape index (κ1) is 16.7. The summed E-state index contributed by atoms with van der Waals surface area (Å²) in [6, 6.07) is 9.71. The zero-order chi connectivity index (χ0) is 19.0. The van der Waals surface area contributed by atoms with Gasteiger partial charge in [0.15, 0.2) is 0 Å². The van der Waals surface area contributed by atoms with E-state index in [1.165, 1.54) is 10.4 Å². The summed E-state index contributed by atoms with van der Waals surface area (Å²) in [6.07, 6.45) is 3.75. The van der Waals surface area contributed by atoms with E-state index in [9.17, 15) is 4.79 Å². The first-order chi connectivity index (χ1) is 12.8. The summed E-state index contributed by atoms with van der Waals surface area (Å²) in [4.78, 5) is 16.0. The summed E-state index contributed by atoms with van der Waals surface area (Å²) in [7, 11) is 0. The van der Waals surface area contributed by atoms with Crippen LogP contribution < -0.4 is 5.56 Å². The first-order valence-electron chi connectivity index (χ1n) is 9.25. The van der Waals surface area contributed by atoms with Crippen molar-refractivity contribution < 1.29 is 0 Å². The molecule has 0 aliphatic heterocycles. The van der Waals surface area contributed by atoms with Crippen LogP contribution in [0.4, 0.5) is 0 Å². The molecule has 5 rings (SSSR count). The fraction of sp³-hybridized carbons (Fsp3) is 0.381. The number of rotatable bonds is 1. The van der Waals surface area contributed by atoms with Crippen LogP contribution in [0.2, 0.25) is 0 Å². The second-order valence-corrected chi connectivity index (χ2v) is 9.97. The van der Waals surface area contributed by atoms with Crippen LogP contribution in [0, 0.1) is 5.41 Å². The summed E-state index contributed by atoms with van der Waals surface area (Å²) in [5, 5.41) is 9.20. The Bertz CT molecular complexity index is 1240. The molecule has 3 aromatic heterocycles. The van der Waals surface area contributed by atoms with E-state index < -0.39 is 0 Å². The Balaban J connectivity index is 1.97. The Morgan fingerprint density at radius 3 is 2.59 bits per heavy atom. The van der Waals surface area contributed by atoms with Crippen molar-refractivity contribution in [2.24, 2.45) is 5.41 Å². The third-order valence-electron chi connectivity index (χ3n) is 5.56. The van der Waals surface area contributed by atoms with Gasteiger partial charge in [0.25, 0.3) is 5.56 Å². The van der Waals surface area contributed by atoms with Gasteiger partial charge in [0.1, 0.15) is 11.2 Å². The molecule has 0 fully saturated rings. The second-order valence-electron chi connectivity index (χ2n) is 8.97. The lowest BCUT2D eigenvalue weighted by molar-refractivity contribution is 0.236. The van der Waals surface area contributed by atoms with Crippen LogP contribution in [0.1, 0.15) is 44.6 Å². The third kappa shape index (κ3) is 2.32. The van der Waals surface area contributed by atoms with Gasteiger partial charge < -0.3 is 0 Å². The zero-order valence-corrected chi connectivity index (χ0v) is 16.8. The monoisotopic (exact) mass is 378 g/mol. The highest BCUT2D eigenvalue weighted by Gasteiger charge is 2.41. The van der Waals surface area contributed by atoms with Crippen LogP contribution in [0.3, 0.4) is 0 Å². The fourth-order valence-electron chi connectivity index (χ4n) is 4.91. The van der Waals surface area contributed by atoms with Crippen molar-refractivity contribution in [3.8, 4) is 5.69 Å². The lowest BCUT2D eigenvalue weighted by Crippen LogP contribution is -2.34. The molecule has 1 aliphatic rings. The van der Waals surface area contributed by atoms with E-state index in [0.29, 0.717) is 5.78 Å². The van der Waals surface area contributed by atoms with Crippen molar-refractivity contribution in [2.45, 2.75) is 46.0 Å². The number of para-hydroxylation sites is 1. The lowest BCUT2D eigenvalue weighted by Gasteiger charge is -2.40. The SMILES string of the molecule is CC1(C)Cc2c(sc3c2c(=O)n(-c2ccccc2)c2nncn32)C(C)(C)C1. The Kier molecular flexibility index (Phi) is 3.27. The van der Waals surface area contributed by atoms with Gasteiger partial charge >= 0.3 is 0 Å². The topological polar surface area (TPSA) is 52.2 Å². The maximum absolute atomic E-state index is 13.7. The maximum Gasteiger partial charge on any atom is 0.268 e. The molecule has 0 spiro atoms. The minimum absolute atomic E-state index is 0.00250. The summed E-state index contributed by atoms with van der Waals surface area (Å²) in [5.74, 6) is 0.564. The third-order valence-corrected chi connectivity index (χ3v) is 7.16. The molecule has 6 heteroatoms. The summed E-state index contributed by atoms with van der Waals surface area (Å²) < 4.78 is 3.66. The first-order valence-corrected chi connectivity index (χ1v) is 10.1. The molecule has 3 heterocycles. The largest absolute Gasteiger partial charge is 0.268 e. The minimum atomic E-state index is 0.00250. The van der Waals surface area contributed by atoms with Crippen LogP contribution in [0.15, 0.2) is 41.5 Å². The van der Waals surface area contributed by atoms with E-state index in [1.54, 1.807) is 22.2 Å². The quantitative estimate of drug-likeness (QED) is 0.495. The normalized spacial score (nSPS) is 18.1. The van der Waals surface area contributed by atoms with E-state index in [1.807, 2.05) is 34.7 Å². The lowest BCUT2D eigenvalue weighted by atomic mass is 9.65. The van der Waals surface area contributed by atoms with Crippen molar-refractivity contribution in [3.05, 3.63) is 57.5 Å².